The molecule has 8 heteroatoms. The number of hydrogen-bond donors (Lipinski definition) is 3. The third-order valence-corrected chi connectivity index (χ3v) is 4.35. The SMILES string of the molecule is CC(C)(C)OC(=O)NCCC(=O)NCc1ccccc1NC(=O)CCCOc1ccccc1. The Kier molecular flexibility index (Phi) is 10.2. The number of nitrogens with one attached hydrogen (secondary N) is 3. The van der Waals surface area contributed by atoms with Gasteiger partial charge in [-0.05, 0) is 51.0 Å². The maximum Gasteiger partial charge on any atom is 0.407 e. The summed E-state index contributed by atoms with van der Waals surface area (Å²) >= 11 is 0. The fourth-order valence-corrected chi connectivity index (χ4v) is 2.82. The van der Waals surface area contributed by atoms with Gasteiger partial charge in [0.2, 0.25) is 11.8 Å². The predicted octanol–water partition coefficient (Wildman–Crippen LogP) is 4.02. The number of carbonyl (C=O) groups is 3. The highest BCUT2D eigenvalue weighted by Gasteiger charge is 2.16. The van der Waals surface area contributed by atoms with Gasteiger partial charge >= 0.3 is 6.09 Å². The van der Waals surface area contributed by atoms with Crippen molar-refractivity contribution in [1.29, 1.82) is 0 Å². The van der Waals surface area contributed by atoms with Gasteiger partial charge in [-0.25, -0.2) is 4.79 Å². The lowest BCUT2D eigenvalue weighted by Crippen LogP contribution is -2.35. The highest BCUT2D eigenvalue weighted by atomic mass is 16.6. The van der Waals surface area contributed by atoms with E-state index < -0.39 is 11.7 Å². The molecule has 0 atom stereocenters. The van der Waals surface area contributed by atoms with Crippen LogP contribution in [0.5, 0.6) is 5.75 Å². The van der Waals surface area contributed by atoms with E-state index in [1.165, 1.54) is 0 Å². The zero-order valence-corrected chi connectivity index (χ0v) is 19.5. The number of rotatable bonds is 11. The minimum absolute atomic E-state index is 0.119. The van der Waals surface area contributed by atoms with Gasteiger partial charge in [0, 0.05) is 31.6 Å². The second kappa shape index (κ2) is 13.1. The number of carbonyl (C=O) groups excluding carboxylic acids is 3. The van der Waals surface area contributed by atoms with E-state index in [1.807, 2.05) is 48.5 Å². The summed E-state index contributed by atoms with van der Waals surface area (Å²) in [6.45, 7) is 6.20. The minimum Gasteiger partial charge on any atom is -0.494 e. The van der Waals surface area contributed by atoms with E-state index in [-0.39, 0.29) is 31.3 Å². The standard InChI is InChI=1S/C25H33N3O5/c1-25(2,3)33-24(31)26-16-15-22(29)27-18-19-10-7-8-13-21(19)28-23(30)14-9-17-32-20-11-5-4-6-12-20/h4-8,10-13H,9,14-18H2,1-3H3,(H,26,31)(H,27,29)(H,28,30). The molecule has 0 saturated heterocycles. The zero-order valence-electron chi connectivity index (χ0n) is 19.5. The van der Waals surface area contributed by atoms with Gasteiger partial charge in [0.15, 0.2) is 0 Å². The first-order chi connectivity index (χ1) is 15.7. The molecular formula is C25H33N3O5. The van der Waals surface area contributed by atoms with E-state index in [0.717, 1.165) is 11.3 Å². The Morgan fingerprint density at radius 2 is 1.55 bits per heavy atom. The molecule has 3 amide bonds. The third-order valence-electron chi connectivity index (χ3n) is 4.35. The molecule has 2 rings (SSSR count). The van der Waals surface area contributed by atoms with Crippen LogP contribution in [0.1, 0.15) is 45.6 Å². The summed E-state index contributed by atoms with van der Waals surface area (Å²) in [5.74, 6) is 0.442. The highest BCUT2D eigenvalue weighted by Crippen LogP contribution is 2.16. The Hall–Kier alpha value is -3.55. The van der Waals surface area contributed by atoms with Crippen LogP contribution < -0.4 is 20.7 Å². The molecule has 33 heavy (non-hydrogen) atoms. The molecule has 0 bridgehead atoms. The van der Waals surface area contributed by atoms with Crippen molar-refractivity contribution in [2.45, 2.75) is 52.2 Å². The molecule has 0 heterocycles. The lowest BCUT2D eigenvalue weighted by Gasteiger charge is -2.19. The first kappa shape index (κ1) is 25.7. The first-order valence-corrected chi connectivity index (χ1v) is 11.0. The van der Waals surface area contributed by atoms with Crippen LogP contribution in [0.2, 0.25) is 0 Å². The second-order valence-corrected chi connectivity index (χ2v) is 8.43. The van der Waals surface area contributed by atoms with Gasteiger partial charge in [-0.1, -0.05) is 36.4 Å². The van der Waals surface area contributed by atoms with E-state index in [2.05, 4.69) is 16.0 Å². The summed E-state index contributed by atoms with van der Waals surface area (Å²) in [5.41, 5.74) is 0.855. The smallest absolute Gasteiger partial charge is 0.407 e. The van der Waals surface area contributed by atoms with Crippen LogP contribution in [0, 0.1) is 0 Å². The van der Waals surface area contributed by atoms with Crippen molar-refractivity contribution < 1.29 is 23.9 Å². The number of ether oxygens (including phenoxy) is 2. The largest absolute Gasteiger partial charge is 0.494 e. The molecule has 0 radical (unpaired) electrons. The number of hydrogen-bond acceptors (Lipinski definition) is 5. The second-order valence-electron chi connectivity index (χ2n) is 8.43. The lowest BCUT2D eigenvalue weighted by atomic mass is 10.1. The Morgan fingerprint density at radius 1 is 0.848 bits per heavy atom. The summed E-state index contributed by atoms with van der Waals surface area (Å²) in [7, 11) is 0. The van der Waals surface area contributed by atoms with Gasteiger partial charge in [0.25, 0.3) is 0 Å². The number of alkyl carbamates (subject to hydrolysis) is 1. The van der Waals surface area contributed by atoms with Gasteiger partial charge in [-0.3, -0.25) is 9.59 Å². The van der Waals surface area contributed by atoms with Crippen molar-refractivity contribution in [1.82, 2.24) is 10.6 Å². The average Bonchev–Trinajstić information content (AvgIpc) is 2.75. The molecule has 0 unspecified atom stereocenters. The molecule has 2 aromatic rings. The summed E-state index contributed by atoms with van der Waals surface area (Å²) in [6, 6.07) is 16.8. The molecule has 0 aliphatic rings. The van der Waals surface area contributed by atoms with Crippen LogP contribution in [0.3, 0.4) is 0 Å². The summed E-state index contributed by atoms with van der Waals surface area (Å²) in [6.07, 6.45) is 0.473. The number of para-hydroxylation sites is 2. The zero-order chi connectivity index (χ0) is 24.1. The Labute approximate surface area is 195 Å². The van der Waals surface area contributed by atoms with Crippen molar-refractivity contribution >= 4 is 23.6 Å². The van der Waals surface area contributed by atoms with Crippen LogP contribution in [-0.4, -0.2) is 36.7 Å². The quantitative estimate of drug-likeness (QED) is 0.444. The van der Waals surface area contributed by atoms with Gasteiger partial charge in [-0.15, -0.1) is 0 Å². The van der Waals surface area contributed by atoms with E-state index in [0.29, 0.717) is 25.1 Å². The van der Waals surface area contributed by atoms with E-state index >= 15 is 0 Å². The van der Waals surface area contributed by atoms with Gasteiger partial charge in [0.1, 0.15) is 11.4 Å². The minimum atomic E-state index is -0.588. The highest BCUT2D eigenvalue weighted by molar-refractivity contribution is 5.91. The summed E-state index contributed by atoms with van der Waals surface area (Å²) in [5, 5.41) is 8.25. The van der Waals surface area contributed by atoms with E-state index in [1.54, 1.807) is 26.8 Å². The fraction of sp³-hybridized carbons (Fsp3) is 0.400. The molecule has 178 valence electrons. The topological polar surface area (TPSA) is 106 Å². The molecule has 0 saturated carbocycles. The van der Waals surface area contributed by atoms with Crippen LogP contribution in [0.15, 0.2) is 54.6 Å². The molecule has 0 fully saturated rings. The van der Waals surface area contributed by atoms with Crippen molar-refractivity contribution in [3.8, 4) is 5.75 Å². The van der Waals surface area contributed by atoms with Gasteiger partial charge in [-0.2, -0.15) is 0 Å². The summed E-state index contributed by atoms with van der Waals surface area (Å²) in [4.78, 5) is 36.0. The van der Waals surface area contributed by atoms with Crippen LogP contribution in [0.4, 0.5) is 10.5 Å². The number of amides is 3. The van der Waals surface area contributed by atoms with Crippen LogP contribution in [0.25, 0.3) is 0 Å². The predicted molar refractivity (Wildman–Crippen MR) is 127 cm³/mol. The average molecular weight is 456 g/mol. The maximum atomic E-state index is 12.3. The Bertz CT molecular complexity index is 910. The fourth-order valence-electron chi connectivity index (χ4n) is 2.82. The number of benzene rings is 2. The molecule has 0 aromatic heterocycles. The van der Waals surface area contributed by atoms with E-state index in [9.17, 15) is 14.4 Å². The molecule has 2 aromatic carbocycles. The van der Waals surface area contributed by atoms with Crippen LogP contribution in [-0.2, 0) is 20.9 Å². The maximum absolute atomic E-state index is 12.3. The number of anilines is 1. The van der Waals surface area contributed by atoms with Crippen molar-refractivity contribution in [3.05, 3.63) is 60.2 Å². The monoisotopic (exact) mass is 455 g/mol. The van der Waals surface area contributed by atoms with Crippen LogP contribution >= 0.6 is 0 Å². The molecule has 8 nitrogen and oxygen atoms in total. The van der Waals surface area contributed by atoms with Crippen molar-refractivity contribution in [3.63, 3.8) is 0 Å². The molecular weight excluding hydrogens is 422 g/mol. The Morgan fingerprint density at radius 3 is 2.27 bits per heavy atom. The van der Waals surface area contributed by atoms with Gasteiger partial charge < -0.3 is 25.4 Å². The normalized spacial score (nSPS) is 10.8. The molecule has 0 spiro atoms. The first-order valence-electron chi connectivity index (χ1n) is 11.0. The Balaban J connectivity index is 1.70. The lowest BCUT2D eigenvalue weighted by molar-refractivity contribution is -0.121. The molecule has 0 aliphatic heterocycles. The van der Waals surface area contributed by atoms with Crippen molar-refractivity contribution in [2.75, 3.05) is 18.5 Å². The summed E-state index contributed by atoms with van der Waals surface area (Å²) < 4.78 is 10.7. The van der Waals surface area contributed by atoms with Gasteiger partial charge in [0.05, 0.1) is 6.61 Å². The van der Waals surface area contributed by atoms with E-state index in [4.69, 9.17) is 9.47 Å². The van der Waals surface area contributed by atoms with Crippen molar-refractivity contribution in [2.24, 2.45) is 0 Å². The molecule has 0 aliphatic carbocycles. The third kappa shape index (κ3) is 11.0. The molecule has 3 N–H and O–H groups in total.